The molecule has 1 aromatic rings. The van der Waals surface area contributed by atoms with Gasteiger partial charge in [-0.05, 0) is 24.6 Å². The summed E-state index contributed by atoms with van der Waals surface area (Å²) in [5.41, 5.74) is 0.263. The van der Waals surface area contributed by atoms with Crippen LogP contribution in [0.3, 0.4) is 0 Å². The summed E-state index contributed by atoms with van der Waals surface area (Å²) in [5, 5.41) is 8.96. The first-order valence-electron chi connectivity index (χ1n) is 5.72. The van der Waals surface area contributed by atoms with Crippen LogP contribution in [0.1, 0.15) is 12.0 Å². The van der Waals surface area contributed by atoms with Crippen LogP contribution in [0.5, 0.6) is 0 Å². The molecule has 19 heavy (non-hydrogen) atoms. The molecular weight excluding hydrogens is 288 g/mol. The van der Waals surface area contributed by atoms with Crippen LogP contribution in [0.15, 0.2) is 23.1 Å². The third-order valence-electron chi connectivity index (χ3n) is 3.14. The molecule has 7 heteroatoms. The Bertz CT molecular complexity index is 618. The molecule has 0 spiro atoms. The Balaban J connectivity index is 2.41. The zero-order chi connectivity index (χ0) is 14.0. The lowest BCUT2D eigenvalue weighted by Gasteiger charge is -2.23. The highest BCUT2D eigenvalue weighted by molar-refractivity contribution is 7.89. The van der Waals surface area contributed by atoms with E-state index in [9.17, 15) is 8.42 Å². The number of benzene rings is 1. The number of hydrogen-bond acceptors (Lipinski definition) is 4. The van der Waals surface area contributed by atoms with Gasteiger partial charge in [0.05, 0.1) is 29.3 Å². The molecule has 5 nitrogen and oxygen atoms in total. The number of rotatable bonds is 3. The summed E-state index contributed by atoms with van der Waals surface area (Å²) in [4.78, 5) is -0.0392. The number of ether oxygens (including phenoxy) is 1. The van der Waals surface area contributed by atoms with Crippen LogP contribution in [0.4, 0.5) is 0 Å². The second-order valence-electron chi connectivity index (χ2n) is 4.30. The molecule has 0 aromatic heterocycles. The summed E-state index contributed by atoms with van der Waals surface area (Å²) < 4.78 is 31.4. The fourth-order valence-corrected chi connectivity index (χ4v) is 3.80. The summed E-state index contributed by atoms with van der Waals surface area (Å²) in [6.07, 6.45) is 0.658. The van der Waals surface area contributed by atoms with Gasteiger partial charge in [0, 0.05) is 13.7 Å². The van der Waals surface area contributed by atoms with Gasteiger partial charge in [-0.2, -0.15) is 9.57 Å². The van der Waals surface area contributed by atoms with Crippen molar-refractivity contribution in [2.45, 2.75) is 17.4 Å². The average molecular weight is 301 g/mol. The van der Waals surface area contributed by atoms with Crippen LogP contribution in [0.25, 0.3) is 0 Å². The van der Waals surface area contributed by atoms with Crippen molar-refractivity contribution in [2.75, 3.05) is 20.3 Å². The first-order valence-corrected chi connectivity index (χ1v) is 7.54. The number of nitriles is 1. The zero-order valence-electron chi connectivity index (χ0n) is 10.3. The lowest BCUT2D eigenvalue weighted by Crippen LogP contribution is -2.37. The quantitative estimate of drug-likeness (QED) is 0.850. The number of nitrogens with zero attached hydrogens (tertiary/aromatic N) is 2. The van der Waals surface area contributed by atoms with E-state index in [1.165, 1.54) is 29.6 Å². The normalized spacial score (nSPS) is 19.6. The second-order valence-corrected chi connectivity index (χ2v) is 6.67. The number of hydrogen-bond donors (Lipinski definition) is 0. The van der Waals surface area contributed by atoms with Crippen LogP contribution >= 0.6 is 11.6 Å². The highest BCUT2D eigenvalue weighted by Gasteiger charge is 2.32. The topological polar surface area (TPSA) is 70.4 Å². The summed E-state index contributed by atoms with van der Waals surface area (Å²) in [6, 6.07) is 5.93. The lowest BCUT2D eigenvalue weighted by atomic mass is 10.2. The molecule has 1 saturated heterocycles. The Kier molecular flexibility index (Phi) is 4.11. The van der Waals surface area contributed by atoms with E-state index in [1.807, 2.05) is 6.07 Å². The van der Waals surface area contributed by atoms with Crippen LogP contribution in [0, 0.1) is 11.3 Å². The maximum Gasteiger partial charge on any atom is 0.244 e. The molecule has 0 aliphatic carbocycles. The maximum atomic E-state index is 12.5. The van der Waals surface area contributed by atoms with Crippen molar-refractivity contribution in [1.82, 2.24) is 4.31 Å². The molecule has 1 aromatic carbocycles. The molecule has 0 bridgehead atoms. The minimum absolute atomic E-state index is 0.0392. The zero-order valence-corrected chi connectivity index (χ0v) is 11.9. The van der Waals surface area contributed by atoms with Crippen molar-refractivity contribution in [2.24, 2.45) is 0 Å². The van der Waals surface area contributed by atoms with E-state index in [2.05, 4.69) is 0 Å². The summed E-state index contributed by atoms with van der Waals surface area (Å²) in [7, 11) is -2.21. The van der Waals surface area contributed by atoms with Gasteiger partial charge in [0.25, 0.3) is 0 Å². The fraction of sp³-hybridized carbons (Fsp3) is 0.417. The van der Waals surface area contributed by atoms with Gasteiger partial charge < -0.3 is 4.74 Å². The molecule has 1 fully saturated rings. The molecule has 2 rings (SSSR count). The first-order chi connectivity index (χ1) is 8.96. The monoisotopic (exact) mass is 300 g/mol. The van der Waals surface area contributed by atoms with E-state index in [4.69, 9.17) is 21.6 Å². The van der Waals surface area contributed by atoms with Crippen LogP contribution in [-0.2, 0) is 14.8 Å². The van der Waals surface area contributed by atoms with Gasteiger partial charge in [-0.3, -0.25) is 0 Å². The largest absolute Gasteiger partial charge is 0.380 e. The Morgan fingerprint density at radius 1 is 1.53 bits per heavy atom. The smallest absolute Gasteiger partial charge is 0.244 e. The van der Waals surface area contributed by atoms with E-state index in [0.717, 1.165) is 0 Å². The molecule has 1 heterocycles. The van der Waals surface area contributed by atoms with Crippen LogP contribution < -0.4 is 0 Å². The van der Waals surface area contributed by atoms with Gasteiger partial charge in [0.2, 0.25) is 10.0 Å². The third-order valence-corrected chi connectivity index (χ3v) is 5.53. The highest BCUT2D eigenvalue weighted by atomic mass is 35.5. The van der Waals surface area contributed by atoms with Gasteiger partial charge >= 0.3 is 0 Å². The van der Waals surface area contributed by atoms with Gasteiger partial charge in [-0.25, -0.2) is 8.42 Å². The molecule has 1 atom stereocenters. The number of likely N-dealkylation sites (N-methyl/N-ethyl adjacent to an activating group) is 1. The Morgan fingerprint density at radius 2 is 2.26 bits per heavy atom. The third kappa shape index (κ3) is 2.74. The Hall–Kier alpha value is -1.13. The van der Waals surface area contributed by atoms with Crippen molar-refractivity contribution < 1.29 is 13.2 Å². The summed E-state index contributed by atoms with van der Waals surface area (Å²) in [5.74, 6) is 0. The average Bonchev–Trinajstić information content (AvgIpc) is 2.92. The molecule has 1 aliphatic heterocycles. The Morgan fingerprint density at radius 3 is 2.84 bits per heavy atom. The number of sulfonamides is 1. The number of halogens is 1. The summed E-state index contributed by atoms with van der Waals surface area (Å²) in [6.45, 7) is 0.932. The SMILES string of the molecule is CN(C1CCOC1)S(=O)(=O)c1cc(C#N)ccc1Cl. The van der Waals surface area contributed by atoms with E-state index in [0.29, 0.717) is 19.6 Å². The molecule has 0 amide bonds. The van der Waals surface area contributed by atoms with E-state index in [1.54, 1.807) is 0 Å². The minimum atomic E-state index is -3.72. The van der Waals surface area contributed by atoms with Crippen molar-refractivity contribution in [3.05, 3.63) is 28.8 Å². The Labute approximate surface area is 117 Å². The van der Waals surface area contributed by atoms with Crippen LogP contribution in [0.2, 0.25) is 5.02 Å². The van der Waals surface area contributed by atoms with Gasteiger partial charge in [0.15, 0.2) is 0 Å². The van der Waals surface area contributed by atoms with Crippen molar-refractivity contribution in [3.63, 3.8) is 0 Å². The minimum Gasteiger partial charge on any atom is -0.380 e. The second kappa shape index (κ2) is 5.47. The van der Waals surface area contributed by atoms with Gasteiger partial charge in [0.1, 0.15) is 4.90 Å². The predicted molar refractivity (Wildman–Crippen MR) is 70.3 cm³/mol. The van der Waals surface area contributed by atoms with E-state index >= 15 is 0 Å². The standard InChI is InChI=1S/C12H13ClN2O3S/c1-15(10-4-5-18-8-10)19(16,17)12-6-9(7-14)2-3-11(12)13/h2-3,6,10H,4-5,8H2,1H3. The lowest BCUT2D eigenvalue weighted by molar-refractivity contribution is 0.181. The molecule has 0 radical (unpaired) electrons. The first kappa shape index (κ1) is 14.3. The summed E-state index contributed by atoms with van der Waals surface area (Å²) >= 11 is 5.94. The van der Waals surface area contributed by atoms with Crippen molar-refractivity contribution >= 4 is 21.6 Å². The van der Waals surface area contributed by atoms with Crippen LogP contribution in [-0.4, -0.2) is 39.0 Å². The van der Waals surface area contributed by atoms with Crippen molar-refractivity contribution in [1.29, 1.82) is 5.26 Å². The van der Waals surface area contributed by atoms with Gasteiger partial charge in [-0.1, -0.05) is 11.6 Å². The highest BCUT2D eigenvalue weighted by Crippen LogP contribution is 2.27. The molecule has 0 saturated carbocycles. The molecule has 1 unspecified atom stereocenters. The van der Waals surface area contributed by atoms with E-state index < -0.39 is 10.0 Å². The fourth-order valence-electron chi connectivity index (χ4n) is 1.93. The van der Waals surface area contributed by atoms with E-state index in [-0.39, 0.29) is 21.5 Å². The van der Waals surface area contributed by atoms with Gasteiger partial charge in [-0.15, -0.1) is 0 Å². The van der Waals surface area contributed by atoms with Crippen molar-refractivity contribution in [3.8, 4) is 6.07 Å². The maximum absolute atomic E-state index is 12.5. The molecule has 102 valence electrons. The molecule has 0 N–H and O–H groups in total. The molecule has 1 aliphatic rings. The molecular formula is C12H13ClN2O3S. The predicted octanol–water partition coefficient (Wildman–Crippen LogP) is 1.62.